The first-order valence-corrected chi connectivity index (χ1v) is 11.7. The van der Waals surface area contributed by atoms with Gasteiger partial charge >= 0.3 is 12.2 Å². The fourth-order valence-electron chi connectivity index (χ4n) is 4.72. The molecule has 4 heterocycles. The Kier molecular flexibility index (Phi) is 6.00. The molecular formula is C22H20F3N7O3S. The number of rotatable bonds is 4. The van der Waals surface area contributed by atoms with Crippen LogP contribution in [0.5, 0.6) is 6.01 Å². The van der Waals surface area contributed by atoms with Crippen LogP contribution < -0.4 is 19.9 Å². The number of nitriles is 1. The molecule has 3 fully saturated rings. The highest BCUT2D eigenvalue weighted by atomic mass is 32.1. The first kappa shape index (κ1) is 24.3. The number of Topliss-reactive ketones (excluding diaryl/α,β-unsaturated/α-hetero) is 1. The Hall–Kier alpha value is -3.44. The van der Waals surface area contributed by atoms with Gasteiger partial charge in [0.1, 0.15) is 12.2 Å². The number of anilines is 2. The third kappa shape index (κ3) is 3.82. The molecule has 3 aliphatic rings. The molecule has 2 aliphatic heterocycles. The molecule has 1 saturated carbocycles. The van der Waals surface area contributed by atoms with E-state index in [2.05, 4.69) is 32.9 Å². The molecular weight excluding hydrogens is 499 g/mol. The smallest absolute Gasteiger partial charge is 0.419 e. The summed E-state index contributed by atoms with van der Waals surface area (Å²) in [6, 6.07) is 2.22. The molecule has 0 bridgehead atoms. The number of pyridine rings is 1. The Morgan fingerprint density at radius 1 is 1.14 bits per heavy atom. The first-order chi connectivity index (χ1) is 17.2. The molecule has 1 N–H and O–H groups in total. The summed E-state index contributed by atoms with van der Waals surface area (Å²) in [6.07, 6.45) is 0.765. The molecule has 0 radical (unpaired) electrons. The molecule has 2 aromatic heterocycles. The fourth-order valence-corrected chi connectivity index (χ4v) is 5.29. The van der Waals surface area contributed by atoms with Crippen LogP contribution in [-0.2, 0) is 15.8 Å². The van der Waals surface area contributed by atoms with Crippen molar-refractivity contribution in [2.75, 3.05) is 22.9 Å². The number of amides is 1. The molecule has 2 atom stereocenters. The number of aromatic nitrogens is 3. The zero-order valence-corrected chi connectivity index (χ0v) is 19.6. The van der Waals surface area contributed by atoms with Crippen LogP contribution in [0.4, 0.5) is 24.5 Å². The number of halogens is 3. The lowest BCUT2D eigenvalue weighted by atomic mass is 9.74. The van der Waals surface area contributed by atoms with Crippen molar-refractivity contribution in [2.24, 2.45) is 0 Å². The molecule has 1 spiro atoms. The number of alkyl halides is 3. The molecule has 2 aromatic rings. The largest absolute Gasteiger partial charge is 0.460 e. The highest BCUT2D eigenvalue weighted by Gasteiger charge is 2.66. The summed E-state index contributed by atoms with van der Waals surface area (Å²) in [7, 11) is 0. The molecule has 188 valence electrons. The Balaban J connectivity index is 1.49. The lowest BCUT2D eigenvalue weighted by Gasteiger charge is -2.42. The minimum atomic E-state index is -4.87. The van der Waals surface area contributed by atoms with Crippen molar-refractivity contribution in [1.29, 1.82) is 5.26 Å². The summed E-state index contributed by atoms with van der Waals surface area (Å²) in [5.41, 5.74) is -4.85. The molecule has 2 saturated heterocycles. The predicted octanol–water partition coefficient (Wildman–Crippen LogP) is 2.06. The van der Waals surface area contributed by atoms with E-state index in [0.29, 0.717) is 6.07 Å². The van der Waals surface area contributed by atoms with Gasteiger partial charge in [-0.05, 0) is 38.4 Å². The van der Waals surface area contributed by atoms with Crippen molar-refractivity contribution in [3.05, 3.63) is 35.9 Å². The van der Waals surface area contributed by atoms with Gasteiger partial charge in [0.05, 0.1) is 35.5 Å². The van der Waals surface area contributed by atoms with Gasteiger partial charge in [-0.3, -0.25) is 14.5 Å². The average molecular weight is 520 g/mol. The van der Waals surface area contributed by atoms with Crippen molar-refractivity contribution < 1.29 is 27.5 Å². The SMILES string of the molecule is N#Cc1ncc(N2C(=O)C3(CCC3=O)N(c3cnc(OC4CCNCC4)nc3)C2S)cc1C(F)(F)F. The molecule has 10 nitrogen and oxygen atoms in total. The Morgan fingerprint density at radius 3 is 2.36 bits per heavy atom. The topological polar surface area (TPSA) is 124 Å². The summed E-state index contributed by atoms with van der Waals surface area (Å²) in [5.74, 6) is -1.12. The number of thiol groups is 1. The van der Waals surface area contributed by atoms with Crippen LogP contribution in [0.15, 0.2) is 24.7 Å². The van der Waals surface area contributed by atoms with Crippen molar-refractivity contribution in [2.45, 2.75) is 49.0 Å². The maximum Gasteiger partial charge on any atom is 0.419 e. The average Bonchev–Trinajstić information content (AvgIpc) is 3.11. The van der Waals surface area contributed by atoms with E-state index in [9.17, 15) is 22.8 Å². The molecule has 14 heteroatoms. The summed E-state index contributed by atoms with van der Waals surface area (Å²) in [5, 5.41) is 12.3. The van der Waals surface area contributed by atoms with Crippen LogP contribution in [0.25, 0.3) is 0 Å². The van der Waals surface area contributed by atoms with Gasteiger partial charge in [-0.15, -0.1) is 12.6 Å². The van der Waals surface area contributed by atoms with Crippen LogP contribution in [0, 0.1) is 11.3 Å². The van der Waals surface area contributed by atoms with Gasteiger partial charge in [-0.1, -0.05) is 0 Å². The maximum atomic E-state index is 13.5. The molecule has 1 aliphatic carbocycles. The number of hydrogen-bond donors (Lipinski definition) is 2. The molecule has 1 amide bonds. The second kappa shape index (κ2) is 8.90. The number of carbonyl (C=O) groups is 2. The number of nitrogens with zero attached hydrogens (tertiary/aromatic N) is 6. The van der Waals surface area contributed by atoms with Crippen LogP contribution >= 0.6 is 12.6 Å². The quantitative estimate of drug-likeness (QED) is 0.461. The van der Waals surface area contributed by atoms with Crippen LogP contribution in [0.3, 0.4) is 0 Å². The van der Waals surface area contributed by atoms with Crippen LogP contribution in [0.1, 0.15) is 36.9 Å². The molecule has 0 aromatic carbocycles. The highest BCUT2D eigenvalue weighted by molar-refractivity contribution is 7.81. The highest BCUT2D eigenvalue weighted by Crippen LogP contribution is 2.48. The maximum absolute atomic E-state index is 13.5. The standard InChI is InChI=1S/C22H20F3N7O3S/c23-22(24,25)15-7-12(9-28-16(15)8-26)31-18(34)21(4-1-17(21)33)32(20(31)36)13-10-29-19(30-11-13)35-14-2-5-27-6-3-14/h7,9-11,14,20,27,36H,1-6H2. The van der Waals surface area contributed by atoms with Gasteiger partial charge < -0.3 is 15.0 Å². The normalized spacial score (nSPS) is 24.7. The van der Waals surface area contributed by atoms with Gasteiger partial charge in [0.25, 0.3) is 5.91 Å². The lowest BCUT2D eigenvalue weighted by Crippen LogP contribution is -2.63. The minimum absolute atomic E-state index is 0.0372. The van der Waals surface area contributed by atoms with E-state index in [4.69, 9.17) is 10.00 Å². The zero-order chi connectivity index (χ0) is 25.7. The van der Waals surface area contributed by atoms with E-state index < -0.39 is 34.4 Å². The Bertz CT molecular complexity index is 1250. The van der Waals surface area contributed by atoms with E-state index in [1.807, 2.05) is 0 Å². The molecule has 36 heavy (non-hydrogen) atoms. The summed E-state index contributed by atoms with van der Waals surface area (Å²) in [4.78, 5) is 40.7. The van der Waals surface area contributed by atoms with E-state index in [-0.39, 0.29) is 42.1 Å². The second-order valence-electron chi connectivity index (χ2n) is 8.67. The number of ketones is 1. The monoisotopic (exact) mass is 519 g/mol. The van der Waals surface area contributed by atoms with Gasteiger partial charge in [-0.2, -0.15) is 18.4 Å². The van der Waals surface area contributed by atoms with Gasteiger partial charge in [0.2, 0.25) is 0 Å². The van der Waals surface area contributed by atoms with Crippen molar-refractivity contribution in [1.82, 2.24) is 20.3 Å². The third-order valence-corrected chi connectivity index (χ3v) is 7.10. The van der Waals surface area contributed by atoms with Crippen LogP contribution in [0.2, 0.25) is 0 Å². The second-order valence-corrected chi connectivity index (χ2v) is 9.13. The third-order valence-electron chi connectivity index (χ3n) is 6.63. The Labute approximate surface area is 208 Å². The summed E-state index contributed by atoms with van der Waals surface area (Å²) >= 11 is 4.50. The van der Waals surface area contributed by atoms with Gasteiger partial charge in [0.15, 0.2) is 22.5 Å². The fraction of sp³-hybridized carbons (Fsp3) is 0.455. The van der Waals surface area contributed by atoms with E-state index in [0.717, 1.165) is 37.0 Å². The summed E-state index contributed by atoms with van der Waals surface area (Å²) < 4.78 is 46.4. The van der Waals surface area contributed by atoms with Crippen LogP contribution in [-0.4, -0.2) is 56.9 Å². The van der Waals surface area contributed by atoms with E-state index in [1.54, 1.807) is 0 Å². The predicted molar refractivity (Wildman–Crippen MR) is 122 cm³/mol. The molecule has 2 unspecified atom stereocenters. The number of hydrogen-bond acceptors (Lipinski definition) is 10. The number of piperidine rings is 1. The minimum Gasteiger partial charge on any atom is -0.460 e. The van der Waals surface area contributed by atoms with E-state index >= 15 is 0 Å². The van der Waals surface area contributed by atoms with Crippen molar-refractivity contribution in [3.63, 3.8) is 0 Å². The van der Waals surface area contributed by atoms with Gasteiger partial charge in [0, 0.05) is 6.42 Å². The van der Waals surface area contributed by atoms with E-state index in [1.165, 1.54) is 23.4 Å². The van der Waals surface area contributed by atoms with Gasteiger partial charge in [-0.25, -0.2) is 15.0 Å². The lowest BCUT2D eigenvalue weighted by molar-refractivity contribution is -0.140. The number of nitrogens with one attached hydrogen (secondary N) is 1. The number of ether oxygens (including phenoxy) is 1. The van der Waals surface area contributed by atoms with Crippen molar-refractivity contribution in [3.8, 4) is 12.1 Å². The summed E-state index contributed by atoms with van der Waals surface area (Å²) in [6.45, 7) is 1.64. The first-order valence-electron chi connectivity index (χ1n) is 11.2. The number of carbonyl (C=O) groups excluding carboxylic acids is 2. The van der Waals surface area contributed by atoms with Crippen molar-refractivity contribution >= 4 is 35.7 Å². The molecule has 5 rings (SSSR count). The zero-order valence-electron chi connectivity index (χ0n) is 18.7. The Morgan fingerprint density at radius 2 is 1.81 bits per heavy atom.